The van der Waals surface area contributed by atoms with E-state index in [1.807, 2.05) is 18.3 Å². The zero-order valence-electron chi connectivity index (χ0n) is 14.6. The second-order valence-corrected chi connectivity index (χ2v) is 7.53. The molecule has 3 aliphatic rings. The van der Waals surface area contributed by atoms with Crippen LogP contribution < -0.4 is 0 Å². The van der Waals surface area contributed by atoms with Gasteiger partial charge in [-0.25, -0.2) is 0 Å². The standard InChI is InChI=1S/C19H26N2O4/c22-18(16-3-6-23-7-4-16)21-9-17-11-25-14-19(17,12-21)13-24-10-15-2-1-5-20-8-15/h1-2,5,8,16-17H,3-4,6-7,9-14H2/t17-,19-/m1/s1. The average molecular weight is 346 g/mol. The Morgan fingerprint density at radius 3 is 3.04 bits per heavy atom. The molecule has 1 aromatic rings. The monoisotopic (exact) mass is 346 g/mol. The van der Waals surface area contributed by atoms with Gasteiger partial charge in [0.1, 0.15) is 0 Å². The largest absolute Gasteiger partial charge is 0.381 e. The van der Waals surface area contributed by atoms with Gasteiger partial charge in [0.25, 0.3) is 0 Å². The Hall–Kier alpha value is -1.50. The highest BCUT2D eigenvalue weighted by Crippen LogP contribution is 2.42. The third-order valence-electron chi connectivity index (χ3n) is 5.78. The summed E-state index contributed by atoms with van der Waals surface area (Å²) in [7, 11) is 0. The van der Waals surface area contributed by atoms with Crippen LogP contribution in [0.3, 0.4) is 0 Å². The number of pyridine rings is 1. The summed E-state index contributed by atoms with van der Waals surface area (Å²) in [6, 6.07) is 3.94. The van der Waals surface area contributed by atoms with Crippen LogP contribution in [0.2, 0.25) is 0 Å². The zero-order chi connectivity index (χ0) is 17.1. The highest BCUT2D eigenvalue weighted by molar-refractivity contribution is 5.79. The molecule has 2 atom stereocenters. The van der Waals surface area contributed by atoms with Crippen molar-refractivity contribution in [2.45, 2.75) is 19.4 Å². The number of aromatic nitrogens is 1. The first-order chi connectivity index (χ1) is 12.3. The van der Waals surface area contributed by atoms with E-state index in [1.165, 1.54) is 0 Å². The molecule has 3 fully saturated rings. The molecule has 6 heteroatoms. The fraction of sp³-hybridized carbons (Fsp3) is 0.684. The van der Waals surface area contributed by atoms with Crippen molar-refractivity contribution in [2.24, 2.45) is 17.3 Å². The van der Waals surface area contributed by atoms with Gasteiger partial charge in [0.15, 0.2) is 0 Å². The molecule has 136 valence electrons. The maximum absolute atomic E-state index is 12.8. The summed E-state index contributed by atoms with van der Waals surface area (Å²) in [5, 5.41) is 0. The first-order valence-electron chi connectivity index (χ1n) is 9.18. The molecule has 6 nitrogen and oxygen atoms in total. The van der Waals surface area contributed by atoms with E-state index < -0.39 is 0 Å². The number of carbonyl (C=O) groups excluding carboxylic acids is 1. The molecule has 1 amide bonds. The van der Waals surface area contributed by atoms with Crippen molar-refractivity contribution < 1.29 is 19.0 Å². The third kappa shape index (κ3) is 3.57. The number of amides is 1. The number of likely N-dealkylation sites (tertiary alicyclic amines) is 1. The number of rotatable bonds is 5. The van der Waals surface area contributed by atoms with Crippen LogP contribution in [-0.4, -0.2) is 61.9 Å². The summed E-state index contributed by atoms with van der Waals surface area (Å²) in [6.45, 7) is 5.55. The van der Waals surface area contributed by atoms with Gasteiger partial charge in [0.2, 0.25) is 5.91 Å². The Labute approximate surface area is 148 Å². The highest BCUT2D eigenvalue weighted by Gasteiger charge is 2.52. The quantitative estimate of drug-likeness (QED) is 0.809. The minimum Gasteiger partial charge on any atom is -0.381 e. The Balaban J connectivity index is 1.36. The lowest BCUT2D eigenvalue weighted by Crippen LogP contribution is -2.40. The van der Waals surface area contributed by atoms with Gasteiger partial charge in [-0.1, -0.05) is 6.07 Å². The first-order valence-corrected chi connectivity index (χ1v) is 9.18. The van der Waals surface area contributed by atoms with E-state index in [4.69, 9.17) is 14.2 Å². The lowest BCUT2D eigenvalue weighted by molar-refractivity contribution is -0.138. The minimum atomic E-state index is -0.0525. The van der Waals surface area contributed by atoms with Crippen LogP contribution in [-0.2, 0) is 25.6 Å². The van der Waals surface area contributed by atoms with Crippen molar-refractivity contribution in [1.29, 1.82) is 0 Å². The van der Waals surface area contributed by atoms with Crippen LogP contribution in [0.25, 0.3) is 0 Å². The fourth-order valence-corrected chi connectivity index (χ4v) is 4.26. The predicted molar refractivity (Wildman–Crippen MR) is 90.8 cm³/mol. The molecular formula is C19H26N2O4. The number of hydrogen-bond acceptors (Lipinski definition) is 5. The van der Waals surface area contributed by atoms with Crippen LogP contribution in [0, 0.1) is 17.3 Å². The van der Waals surface area contributed by atoms with E-state index in [0.717, 1.165) is 38.1 Å². The molecule has 0 saturated carbocycles. The zero-order valence-corrected chi connectivity index (χ0v) is 14.6. The van der Waals surface area contributed by atoms with Gasteiger partial charge in [0.05, 0.1) is 26.4 Å². The summed E-state index contributed by atoms with van der Waals surface area (Å²) >= 11 is 0. The van der Waals surface area contributed by atoms with Crippen LogP contribution in [0.5, 0.6) is 0 Å². The molecule has 1 aromatic heterocycles. The van der Waals surface area contributed by atoms with Crippen LogP contribution in [0.15, 0.2) is 24.5 Å². The minimum absolute atomic E-state index is 0.0525. The fourth-order valence-electron chi connectivity index (χ4n) is 4.26. The van der Waals surface area contributed by atoms with Gasteiger partial charge >= 0.3 is 0 Å². The highest BCUT2D eigenvalue weighted by atomic mass is 16.5. The molecule has 0 radical (unpaired) electrons. The van der Waals surface area contributed by atoms with Crippen molar-refractivity contribution in [3.63, 3.8) is 0 Å². The summed E-state index contributed by atoms with van der Waals surface area (Å²) in [5.74, 6) is 0.802. The number of hydrogen-bond donors (Lipinski definition) is 0. The molecule has 0 spiro atoms. The van der Waals surface area contributed by atoms with Crippen LogP contribution in [0.1, 0.15) is 18.4 Å². The topological polar surface area (TPSA) is 60.9 Å². The van der Waals surface area contributed by atoms with Crippen molar-refractivity contribution >= 4 is 5.91 Å². The van der Waals surface area contributed by atoms with Gasteiger partial charge in [0, 0.05) is 55.9 Å². The van der Waals surface area contributed by atoms with Crippen molar-refractivity contribution in [3.8, 4) is 0 Å². The van der Waals surface area contributed by atoms with E-state index in [2.05, 4.69) is 9.88 Å². The van der Waals surface area contributed by atoms with E-state index in [0.29, 0.717) is 44.9 Å². The number of carbonyl (C=O) groups is 1. The lowest BCUT2D eigenvalue weighted by atomic mass is 9.82. The van der Waals surface area contributed by atoms with Crippen molar-refractivity contribution in [3.05, 3.63) is 30.1 Å². The number of nitrogens with zero attached hydrogens (tertiary/aromatic N) is 2. The maximum atomic E-state index is 12.8. The first kappa shape index (κ1) is 16.9. The number of fused-ring (bicyclic) bond motifs is 1. The summed E-state index contributed by atoms with van der Waals surface area (Å²) in [6.07, 6.45) is 5.29. The Morgan fingerprint density at radius 2 is 2.24 bits per heavy atom. The van der Waals surface area contributed by atoms with E-state index in [-0.39, 0.29) is 11.3 Å². The van der Waals surface area contributed by atoms with Gasteiger partial charge < -0.3 is 19.1 Å². The van der Waals surface area contributed by atoms with Crippen LogP contribution in [0.4, 0.5) is 0 Å². The molecule has 25 heavy (non-hydrogen) atoms. The summed E-state index contributed by atoms with van der Waals surface area (Å²) < 4.78 is 17.1. The normalized spacial score (nSPS) is 29.8. The molecule has 3 saturated heterocycles. The molecule has 0 aromatic carbocycles. The maximum Gasteiger partial charge on any atom is 0.225 e. The SMILES string of the molecule is O=C(C1CCOCC1)N1C[C@@H]2COC[C@]2(COCc2cccnc2)C1. The molecule has 0 bridgehead atoms. The Kier molecular flexibility index (Phi) is 5.01. The molecule has 4 rings (SSSR count). The van der Waals surface area contributed by atoms with Gasteiger partial charge in [-0.3, -0.25) is 9.78 Å². The molecule has 0 N–H and O–H groups in total. The molecule has 3 aliphatic heterocycles. The molecule has 4 heterocycles. The van der Waals surface area contributed by atoms with Gasteiger partial charge in [-0.15, -0.1) is 0 Å². The van der Waals surface area contributed by atoms with Crippen molar-refractivity contribution in [1.82, 2.24) is 9.88 Å². The molecular weight excluding hydrogens is 320 g/mol. The van der Waals surface area contributed by atoms with Gasteiger partial charge in [-0.05, 0) is 24.5 Å². The predicted octanol–water partition coefficient (Wildman–Crippen LogP) is 1.50. The average Bonchev–Trinajstić information content (AvgIpc) is 3.20. The van der Waals surface area contributed by atoms with Crippen molar-refractivity contribution in [2.75, 3.05) is 46.1 Å². The summed E-state index contributed by atoms with van der Waals surface area (Å²) in [4.78, 5) is 19.0. The molecule has 0 unspecified atom stereocenters. The molecule has 0 aliphatic carbocycles. The Bertz CT molecular complexity index is 590. The van der Waals surface area contributed by atoms with E-state index in [9.17, 15) is 4.79 Å². The summed E-state index contributed by atoms with van der Waals surface area (Å²) in [5.41, 5.74) is 1.02. The van der Waals surface area contributed by atoms with Crippen LogP contribution >= 0.6 is 0 Å². The van der Waals surface area contributed by atoms with Gasteiger partial charge in [-0.2, -0.15) is 0 Å². The lowest BCUT2D eigenvalue weighted by Gasteiger charge is -2.29. The number of ether oxygens (including phenoxy) is 3. The second kappa shape index (κ2) is 7.40. The van der Waals surface area contributed by atoms with E-state index >= 15 is 0 Å². The Morgan fingerprint density at radius 1 is 1.36 bits per heavy atom. The smallest absolute Gasteiger partial charge is 0.225 e. The third-order valence-corrected chi connectivity index (χ3v) is 5.78. The second-order valence-electron chi connectivity index (χ2n) is 7.53. The van der Waals surface area contributed by atoms with E-state index in [1.54, 1.807) is 6.20 Å².